The minimum Gasteiger partial charge on any atom is -0.334 e. The fourth-order valence-corrected chi connectivity index (χ4v) is 4.79. The minimum absolute atomic E-state index is 0.0509. The molecule has 1 saturated heterocycles. The summed E-state index contributed by atoms with van der Waals surface area (Å²) in [6.45, 7) is 4.89. The molecular weight excluding hydrogens is 493 g/mol. The molecule has 0 spiro atoms. The molecule has 1 aliphatic rings. The number of nitrogens with zero attached hydrogens (tertiary/aromatic N) is 3. The maximum absolute atomic E-state index is 13.1. The second-order valence-corrected chi connectivity index (χ2v) is 9.50. The smallest absolute Gasteiger partial charge is 0.246 e. The van der Waals surface area contributed by atoms with Crippen molar-refractivity contribution >= 4 is 52.9 Å². The number of hydrogen-bond donors (Lipinski definition) is 2. The first-order valence-corrected chi connectivity index (χ1v) is 12.4. The largest absolute Gasteiger partial charge is 0.334 e. The van der Waals surface area contributed by atoms with Gasteiger partial charge in [-0.2, -0.15) is 5.26 Å². The molecular formula is C24H25ClFN5OS2. The van der Waals surface area contributed by atoms with Crippen molar-refractivity contribution in [2.24, 2.45) is 0 Å². The van der Waals surface area contributed by atoms with Crippen LogP contribution in [0.25, 0.3) is 6.08 Å². The molecule has 3 rings (SSSR count). The molecule has 0 aromatic heterocycles. The van der Waals surface area contributed by atoms with E-state index in [0.29, 0.717) is 17.3 Å². The van der Waals surface area contributed by atoms with Crippen molar-refractivity contribution in [3.05, 3.63) is 76.1 Å². The number of carbonyl (C=O) groups excluding carboxylic acids is 1. The Morgan fingerprint density at radius 1 is 1.32 bits per heavy atom. The number of nitrogens with one attached hydrogen (secondary N) is 2. The van der Waals surface area contributed by atoms with Crippen molar-refractivity contribution in [2.75, 3.05) is 19.6 Å². The number of halogens is 2. The van der Waals surface area contributed by atoms with Crippen molar-refractivity contribution in [1.82, 2.24) is 19.8 Å². The van der Waals surface area contributed by atoms with Gasteiger partial charge in [0.1, 0.15) is 5.82 Å². The summed E-state index contributed by atoms with van der Waals surface area (Å²) in [5, 5.41) is 11.8. The van der Waals surface area contributed by atoms with Crippen molar-refractivity contribution in [3.63, 3.8) is 0 Å². The van der Waals surface area contributed by atoms with Gasteiger partial charge in [-0.05, 0) is 78.1 Å². The van der Waals surface area contributed by atoms with Gasteiger partial charge < -0.3 is 9.62 Å². The van der Waals surface area contributed by atoms with Gasteiger partial charge in [0, 0.05) is 49.1 Å². The molecule has 2 aromatic rings. The zero-order chi connectivity index (χ0) is 24.5. The second-order valence-electron chi connectivity index (χ2n) is 7.88. The fourth-order valence-electron chi connectivity index (χ4n) is 3.72. The van der Waals surface area contributed by atoms with Gasteiger partial charge in [0.15, 0.2) is 11.3 Å². The molecule has 1 amide bonds. The van der Waals surface area contributed by atoms with E-state index in [9.17, 15) is 9.18 Å². The summed E-state index contributed by atoms with van der Waals surface area (Å²) in [5.41, 5.74) is 2.87. The lowest BCUT2D eigenvalue weighted by Crippen LogP contribution is -2.53. The highest BCUT2D eigenvalue weighted by Crippen LogP contribution is 2.22. The van der Waals surface area contributed by atoms with Crippen LogP contribution >= 0.6 is 35.8 Å². The number of amides is 1. The molecule has 0 saturated carbocycles. The third kappa shape index (κ3) is 7.71. The van der Waals surface area contributed by atoms with E-state index >= 15 is 0 Å². The SMILES string of the molecule is CC1CN(Cc2ccc(F)cc2)CCN1C(=O)/C=C/c1cc(Cl)ccc1CSNC(=S)NC#N. The van der Waals surface area contributed by atoms with E-state index in [4.69, 9.17) is 29.1 Å². The Hall–Kier alpha value is -2.64. The highest BCUT2D eigenvalue weighted by Gasteiger charge is 2.26. The van der Waals surface area contributed by atoms with E-state index in [2.05, 4.69) is 14.9 Å². The first kappa shape index (κ1) is 26.0. The highest BCUT2D eigenvalue weighted by atomic mass is 35.5. The Bertz CT molecular complexity index is 1090. The Balaban J connectivity index is 1.57. The molecule has 2 N–H and O–H groups in total. The molecule has 0 aliphatic carbocycles. The van der Waals surface area contributed by atoms with E-state index in [1.165, 1.54) is 24.1 Å². The van der Waals surface area contributed by atoms with E-state index in [0.717, 1.165) is 36.3 Å². The third-order valence-corrected chi connectivity index (χ3v) is 6.76. The summed E-state index contributed by atoms with van der Waals surface area (Å²) in [6.07, 6.45) is 5.13. The monoisotopic (exact) mass is 517 g/mol. The van der Waals surface area contributed by atoms with Crippen molar-refractivity contribution in [2.45, 2.75) is 25.3 Å². The number of nitriles is 1. The molecule has 1 atom stereocenters. The van der Waals surface area contributed by atoms with Crippen molar-refractivity contribution in [1.29, 1.82) is 5.26 Å². The topological polar surface area (TPSA) is 71.4 Å². The van der Waals surface area contributed by atoms with Crippen LogP contribution < -0.4 is 10.0 Å². The minimum atomic E-state index is -0.239. The first-order chi connectivity index (χ1) is 16.4. The lowest BCUT2D eigenvalue weighted by Gasteiger charge is -2.39. The summed E-state index contributed by atoms with van der Waals surface area (Å²) in [6, 6.07) is 12.1. The summed E-state index contributed by atoms with van der Waals surface area (Å²) in [7, 11) is 0. The van der Waals surface area contributed by atoms with E-state index in [-0.39, 0.29) is 22.9 Å². The molecule has 0 radical (unpaired) electrons. The van der Waals surface area contributed by atoms with Gasteiger partial charge in [0.25, 0.3) is 0 Å². The maximum atomic E-state index is 13.1. The van der Waals surface area contributed by atoms with Gasteiger partial charge in [-0.15, -0.1) is 0 Å². The van der Waals surface area contributed by atoms with E-state index < -0.39 is 0 Å². The second kappa shape index (κ2) is 12.7. The van der Waals surface area contributed by atoms with Crippen LogP contribution in [0.3, 0.4) is 0 Å². The van der Waals surface area contributed by atoms with Crippen LogP contribution in [-0.4, -0.2) is 46.5 Å². The van der Waals surface area contributed by atoms with Crippen LogP contribution in [-0.2, 0) is 17.1 Å². The molecule has 1 aliphatic heterocycles. The van der Waals surface area contributed by atoms with E-state index in [1.807, 2.05) is 24.0 Å². The van der Waals surface area contributed by atoms with Crippen LogP contribution in [0.15, 0.2) is 48.5 Å². The molecule has 1 unspecified atom stereocenters. The zero-order valence-corrected chi connectivity index (χ0v) is 21.0. The van der Waals surface area contributed by atoms with Crippen LogP contribution in [0.4, 0.5) is 4.39 Å². The van der Waals surface area contributed by atoms with E-state index in [1.54, 1.807) is 36.5 Å². The lowest BCUT2D eigenvalue weighted by molar-refractivity contribution is -0.130. The molecule has 6 nitrogen and oxygen atoms in total. The van der Waals surface area contributed by atoms with Gasteiger partial charge in [0.05, 0.1) is 0 Å². The van der Waals surface area contributed by atoms with Crippen LogP contribution in [0.1, 0.15) is 23.6 Å². The number of carbonyl (C=O) groups is 1. The Labute approximate surface area is 213 Å². The summed E-state index contributed by atoms with van der Waals surface area (Å²) in [5.74, 6) is 0.276. The van der Waals surface area contributed by atoms with Crippen molar-refractivity contribution < 1.29 is 9.18 Å². The van der Waals surface area contributed by atoms with Gasteiger partial charge >= 0.3 is 0 Å². The Morgan fingerprint density at radius 3 is 2.79 bits per heavy atom. The predicted octanol–water partition coefficient (Wildman–Crippen LogP) is 4.32. The number of hydrogen-bond acceptors (Lipinski definition) is 5. The molecule has 2 aromatic carbocycles. The molecule has 10 heteroatoms. The average molecular weight is 518 g/mol. The Kier molecular flexibility index (Phi) is 9.72. The van der Waals surface area contributed by atoms with Crippen molar-refractivity contribution in [3.8, 4) is 6.19 Å². The fraction of sp³-hybridized carbons (Fsp3) is 0.292. The van der Waals surface area contributed by atoms with Gasteiger partial charge in [0.2, 0.25) is 5.91 Å². The molecule has 1 heterocycles. The quantitative estimate of drug-likeness (QED) is 0.186. The number of thiocarbonyl (C=S) groups is 1. The number of benzene rings is 2. The van der Waals surface area contributed by atoms with Crippen LogP contribution in [0.5, 0.6) is 0 Å². The standard InChI is InChI=1S/C24H25ClFN5OS2/c1-17-13-30(14-18-2-7-22(26)8-3-18)10-11-31(17)23(32)9-5-19-12-21(25)6-4-20(19)15-34-29-24(33)28-16-27/h2-9,12,17H,10-11,13-15H2,1H3,(H2,28,29,33)/b9-5+. The molecule has 1 fully saturated rings. The lowest BCUT2D eigenvalue weighted by atomic mass is 10.1. The molecule has 178 valence electrons. The summed E-state index contributed by atoms with van der Waals surface area (Å²) in [4.78, 5) is 17.1. The van der Waals surface area contributed by atoms with Gasteiger partial charge in [-0.3, -0.25) is 15.0 Å². The average Bonchev–Trinajstić information content (AvgIpc) is 2.80. The maximum Gasteiger partial charge on any atom is 0.246 e. The molecule has 34 heavy (non-hydrogen) atoms. The van der Waals surface area contributed by atoms with Gasteiger partial charge in [-0.25, -0.2) is 4.39 Å². The Morgan fingerprint density at radius 2 is 2.09 bits per heavy atom. The zero-order valence-electron chi connectivity index (χ0n) is 18.6. The summed E-state index contributed by atoms with van der Waals surface area (Å²) < 4.78 is 16.0. The third-order valence-electron chi connectivity index (χ3n) is 5.39. The summed E-state index contributed by atoms with van der Waals surface area (Å²) >= 11 is 12.5. The molecule has 0 bridgehead atoms. The number of piperazine rings is 1. The normalized spacial score (nSPS) is 16.3. The predicted molar refractivity (Wildman–Crippen MR) is 139 cm³/mol. The first-order valence-electron chi connectivity index (χ1n) is 10.7. The van der Waals surface area contributed by atoms with Crippen LogP contribution in [0, 0.1) is 17.3 Å². The van der Waals surface area contributed by atoms with Crippen LogP contribution in [0.2, 0.25) is 5.02 Å². The highest BCUT2D eigenvalue weighted by molar-refractivity contribution is 7.98. The number of rotatable bonds is 7. The van der Waals surface area contributed by atoms with Gasteiger partial charge in [-0.1, -0.05) is 29.8 Å².